The van der Waals surface area contributed by atoms with E-state index in [0.29, 0.717) is 5.69 Å². The minimum absolute atomic E-state index is 0.0528. The maximum Gasteiger partial charge on any atom is 0.417 e. The van der Waals surface area contributed by atoms with Crippen LogP contribution in [0.1, 0.15) is 16.7 Å². The van der Waals surface area contributed by atoms with Crippen LogP contribution in [-0.4, -0.2) is 28.3 Å². The van der Waals surface area contributed by atoms with Gasteiger partial charge in [-0.1, -0.05) is 17.7 Å². The van der Waals surface area contributed by atoms with Gasteiger partial charge in [0.05, 0.1) is 34.6 Å². The molecule has 0 unspecified atom stereocenters. The first kappa shape index (κ1) is 22.3. The van der Waals surface area contributed by atoms with Gasteiger partial charge in [-0.05, 0) is 49.5 Å². The van der Waals surface area contributed by atoms with Crippen molar-refractivity contribution in [3.63, 3.8) is 0 Å². The van der Waals surface area contributed by atoms with E-state index in [2.05, 4.69) is 0 Å². The van der Waals surface area contributed by atoms with Crippen molar-refractivity contribution in [1.29, 1.82) is 5.26 Å². The topological polar surface area (TPSA) is 47.3 Å². The summed E-state index contributed by atoms with van der Waals surface area (Å²) in [6.07, 6.45) is -4.78. The molecule has 0 saturated carbocycles. The second-order valence-corrected chi connectivity index (χ2v) is 7.63. The summed E-state index contributed by atoms with van der Waals surface area (Å²) in [4.78, 5) is 15.8. The highest BCUT2D eigenvalue weighted by Gasteiger charge is 2.56. The molecule has 1 amide bonds. The summed E-state index contributed by atoms with van der Waals surface area (Å²) >= 11 is 17.8. The van der Waals surface area contributed by atoms with Gasteiger partial charge in [-0.15, -0.1) is 23.2 Å². The largest absolute Gasteiger partial charge is 0.417 e. The Kier molecular flexibility index (Phi) is 6.01. The predicted molar refractivity (Wildman–Crippen MR) is 114 cm³/mol. The van der Waals surface area contributed by atoms with E-state index in [4.69, 9.17) is 40.7 Å². The molecule has 10 heteroatoms. The first-order valence-corrected chi connectivity index (χ1v) is 10.1. The number of thiocarbonyl (C=S) groups is 1. The van der Waals surface area contributed by atoms with Gasteiger partial charge in [-0.2, -0.15) is 18.4 Å². The highest BCUT2D eigenvalue weighted by molar-refractivity contribution is 7.81. The van der Waals surface area contributed by atoms with Crippen LogP contribution in [0.25, 0.3) is 0 Å². The zero-order valence-corrected chi connectivity index (χ0v) is 17.8. The summed E-state index contributed by atoms with van der Waals surface area (Å²) in [5.74, 6) is -1.11. The molecule has 0 aromatic heterocycles. The van der Waals surface area contributed by atoms with Gasteiger partial charge in [0.15, 0.2) is 10.7 Å². The minimum Gasteiger partial charge on any atom is -0.300 e. The second kappa shape index (κ2) is 8.06. The second-order valence-electron chi connectivity index (χ2n) is 6.73. The molecule has 0 atom stereocenters. The fourth-order valence-corrected chi connectivity index (χ4v) is 4.45. The maximum absolute atomic E-state index is 13.4. The van der Waals surface area contributed by atoms with Gasteiger partial charge >= 0.3 is 6.18 Å². The molecule has 1 saturated heterocycles. The van der Waals surface area contributed by atoms with Crippen molar-refractivity contribution in [3.8, 4) is 6.07 Å². The van der Waals surface area contributed by atoms with Crippen LogP contribution in [0.15, 0.2) is 42.5 Å². The van der Waals surface area contributed by atoms with Gasteiger partial charge < -0.3 is 4.90 Å². The molecule has 0 aliphatic carbocycles. The van der Waals surface area contributed by atoms with E-state index in [1.54, 1.807) is 12.1 Å². The Morgan fingerprint density at radius 1 is 1.10 bits per heavy atom. The van der Waals surface area contributed by atoms with Crippen LogP contribution < -0.4 is 9.80 Å². The monoisotopic (exact) mass is 471 g/mol. The molecule has 1 fully saturated rings. The molecular formula is C20H14Cl2F3N3OS. The van der Waals surface area contributed by atoms with Crippen molar-refractivity contribution in [1.82, 2.24) is 0 Å². The van der Waals surface area contributed by atoms with E-state index in [-0.39, 0.29) is 22.6 Å². The fourth-order valence-electron chi connectivity index (χ4n) is 3.23. The lowest BCUT2D eigenvalue weighted by atomic mass is 10.0. The number of hydrogen-bond donors (Lipinski definition) is 0. The van der Waals surface area contributed by atoms with E-state index in [9.17, 15) is 18.0 Å². The molecule has 1 aliphatic heterocycles. The molecule has 30 heavy (non-hydrogen) atoms. The number of carbonyl (C=O) groups is 1. The number of hydrogen-bond acceptors (Lipinski definition) is 3. The van der Waals surface area contributed by atoms with Crippen LogP contribution >= 0.6 is 35.4 Å². The number of alkyl halides is 5. The molecule has 2 aromatic carbocycles. The summed E-state index contributed by atoms with van der Waals surface area (Å²) in [5, 5.41) is 8.96. The Morgan fingerprint density at radius 2 is 1.67 bits per heavy atom. The number of anilines is 2. The van der Waals surface area contributed by atoms with Crippen LogP contribution in [0.4, 0.5) is 24.5 Å². The van der Waals surface area contributed by atoms with E-state index in [1.165, 1.54) is 17.0 Å². The lowest BCUT2D eigenvalue weighted by Crippen LogP contribution is -2.53. The Hall–Kier alpha value is -2.34. The SMILES string of the molecule is Cc1ccc(N2C(=S)N(c3ccc(C#N)c(C(F)(F)F)c3)C(=O)C2(CCl)CCl)cc1. The molecule has 3 rings (SSSR count). The van der Waals surface area contributed by atoms with Crippen molar-refractivity contribution >= 4 is 57.8 Å². The smallest absolute Gasteiger partial charge is 0.300 e. The van der Waals surface area contributed by atoms with Crippen LogP contribution in [0.3, 0.4) is 0 Å². The summed E-state index contributed by atoms with van der Waals surface area (Å²) in [7, 11) is 0. The van der Waals surface area contributed by atoms with Gasteiger partial charge in [0.1, 0.15) is 0 Å². The van der Waals surface area contributed by atoms with E-state index < -0.39 is 28.7 Å². The summed E-state index contributed by atoms with van der Waals surface area (Å²) < 4.78 is 40.3. The minimum atomic E-state index is -4.78. The van der Waals surface area contributed by atoms with Crippen molar-refractivity contribution in [2.24, 2.45) is 0 Å². The maximum atomic E-state index is 13.4. The third-order valence-corrected chi connectivity index (χ3v) is 6.08. The first-order chi connectivity index (χ1) is 14.1. The zero-order chi connectivity index (χ0) is 22.3. The highest BCUT2D eigenvalue weighted by Crippen LogP contribution is 2.40. The average Bonchev–Trinajstić information content (AvgIpc) is 2.94. The molecule has 2 aromatic rings. The number of halogens is 5. The third kappa shape index (κ3) is 3.51. The number of nitrogens with zero attached hydrogens (tertiary/aromatic N) is 3. The lowest BCUT2D eigenvalue weighted by Gasteiger charge is -2.32. The average molecular weight is 472 g/mol. The molecule has 4 nitrogen and oxygen atoms in total. The third-order valence-electron chi connectivity index (χ3n) is 4.83. The van der Waals surface area contributed by atoms with Gasteiger partial charge in [0.25, 0.3) is 5.91 Å². The Balaban J connectivity index is 2.18. The number of aryl methyl sites for hydroxylation is 1. The van der Waals surface area contributed by atoms with Crippen molar-refractivity contribution < 1.29 is 18.0 Å². The van der Waals surface area contributed by atoms with Crippen molar-refractivity contribution in [2.45, 2.75) is 18.6 Å². The van der Waals surface area contributed by atoms with Gasteiger partial charge in [0, 0.05) is 5.69 Å². The van der Waals surface area contributed by atoms with Crippen LogP contribution in [0, 0.1) is 18.3 Å². The Labute approximate surface area is 186 Å². The fraction of sp³-hybridized carbons (Fsp3) is 0.250. The first-order valence-electron chi connectivity index (χ1n) is 8.59. The van der Waals surface area contributed by atoms with E-state index in [1.807, 2.05) is 19.1 Å². The molecule has 156 valence electrons. The number of benzene rings is 2. The zero-order valence-electron chi connectivity index (χ0n) is 15.5. The van der Waals surface area contributed by atoms with Crippen LogP contribution in [-0.2, 0) is 11.0 Å². The number of rotatable bonds is 4. The summed E-state index contributed by atoms with van der Waals surface area (Å²) in [5.41, 5.74) is -1.80. The van der Waals surface area contributed by atoms with E-state index >= 15 is 0 Å². The molecule has 0 radical (unpaired) electrons. The quantitative estimate of drug-likeness (QED) is 0.451. The molecule has 0 bridgehead atoms. The molecule has 0 N–H and O–H groups in total. The standard InChI is InChI=1S/C20H14Cl2F3N3OS/c1-12-2-5-14(6-3-12)28-18(30)27(17(29)19(28,10-21)11-22)15-7-4-13(9-26)16(8-15)20(23,24)25/h2-8H,10-11H2,1H3. The number of nitriles is 1. The highest BCUT2D eigenvalue weighted by atomic mass is 35.5. The molecule has 0 spiro atoms. The number of carbonyl (C=O) groups excluding carboxylic acids is 1. The van der Waals surface area contributed by atoms with Gasteiger partial charge in [-0.25, -0.2) is 0 Å². The normalized spacial score (nSPS) is 16.2. The molecular weight excluding hydrogens is 458 g/mol. The molecule has 1 heterocycles. The Bertz CT molecular complexity index is 1050. The predicted octanol–water partition coefficient (Wildman–Crippen LogP) is 5.24. The van der Waals surface area contributed by atoms with E-state index in [0.717, 1.165) is 22.6 Å². The van der Waals surface area contributed by atoms with Crippen LogP contribution in [0.5, 0.6) is 0 Å². The lowest BCUT2D eigenvalue weighted by molar-refractivity contribution is -0.137. The Morgan fingerprint density at radius 3 is 2.17 bits per heavy atom. The molecule has 1 aliphatic rings. The van der Waals surface area contributed by atoms with Gasteiger partial charge in [-0.3, -0.25) is 9.69 Å². The van der Waals surface area contributed by atoms with Gasteiger partial charge in [0.2, 0.25) is 0 Å². The summed E-state index contributed by atoms with van der Waals surface area (Å²) in [6, 6.07) is 11.6. The van der Waals surface area contributed by atoms with Crippen molar-refractivity contribution in [3.05, 3.63) is 59.2 Å². The van der Waals surface area contributed by atoms with Crippen LogP contribution in [0.2, 0.25) is 0 Å². The summed E-state index contributed by atoms with van der Waals surface area (Å²) in [6.45, 7) is 1.88. The number of amides is 1. The van der Waals surface area contributed by atoms with Crippen molar-refractivity contribution in [2.75, 3.05) is 21.6 Å².